The van der Waals surface area contributed by atoms with E-state index < -0.39 is 0 Å². The Morgan fingerprint density at radius 1 is 1.44 bits per heavy atom. The minimum atomic E-state index is -0.0614. The Morgan fingerprint density at radius 3 is 2.94 bits per heavy atom. The quantitative estimate of drug-likeness (QED) is 0.614. The number of aromatic nitrogens is 1. The molecule has 18 heavy (non-hydrogen) atoms. The second-order valence-electron chi connectivity index (χ2n) is 4.82. The van der Waals surface area contributed by atoms with E-state index in [1.54, 1.807) is 0 Å². The Labute approximate surface area is 105 Å². The Bertz CT molecular complexity index is 516. The van der Waals surface area contributed by atoms with Gasteiger partial charge in [-0.2, -0.15) is 5.26 Å². The van der Waals surface area contributed by atoms with Gasteiger partial charge in [0.2, 0.25) is 0 Å². The van der Waals surface area contributed by atoms with Crippen molar-refractivity contribution in [2.75, 3.05) is 30.7 Å². The molecule has 0 atom stereocenters. The van der Waals surface area contributed by atoms with Gasteiger partial charge in [-0.1, -0.05) is 0 Å². The van der Waals surface area contributed by atoms with Crippen LogP contribution in [0, 0.1) is 11.3 Å². The lowest BCUT2D eigenvalue weighted by molar-refractivity contribution is 0.182. The van der Waals surface area contributed by atoms with Crippen molar-refractivity contribution < 1.29 is 4.74 Å². The molecule has 0 radical (unpaired) electrons. The van der Waals surface area contributed by atoms with Gasteiger partial charge in [0, 0.05) is 0 Å². The first-order chi connectivity index (χ1) is 8.74. The predicted molar refractivity (Wildman–Crippen MR) is 67.3 cm³/mol. The summed E-state index contributed by atoms with van der Waals surface area (Å²) in [4.78, 5) is 4.24. The van der Waals surface area contributed by atoms with E-state index in [4.69, 9.17) is 15.7 Å². The van der Waals surface area contributed by atoms with Gasteiger partial charge in [-0.15, -0.1) is 0 Å². The van der Waals surface area contributed by atoms with Crippen molar-refractivity contribution in [2.45, 2.75) is 18.4 Å². The van der Waals surface area contributed by atoms with Crippen molar-refractivity contribution in [2.24, 2.45) is 0 Å². The second kappa shape index (κ2) is 4.03. The van der Waals surface area contributed by atoms with E-state index in [0.717, 1.165) is 25.9 Å². The van der Waals surface area contributed by atoms with Crippen LogP contribution in [-0.2, 0) is 0 Å². The maximum atomic E-state index is 9.10. The van der Waals surface area contributed by atoms with E-state index in [9.17, 15) is 0 Å². The van der Waals surface area contributed by atoms with Crippen molar-refractivity contribution in [1.82, 2.24) is 10.3 Å². The number of nitriles is 1. The van der Waals surface area contributed by atoms with Crippen LogP contribution in [0.2, 0.25) is 0 Å². The molecular formula is C12H15N5O. The number of nitrogen functional groups attached to an aromatic ring is 1. The lowest BCUT2D eigenvalue weighted by atomic mass is 9.88. The van der Waals surface area contributed by atoms with E-state index in [-0.39, 0.29) is 5.54 Å². The van der Waals surface area contributed by atoms with E-state index in [1.807, 2.05) is 0 Å². The maximum Gasteiger partial charge on any atom is 0.181 e. The highest BCUT2D eigenvalue weighted by atomic mass is 16.5. The molecule has 6 nitrogen and oxygen atoms in total. The number of anilines is 2. The molecular weight excluding hydrogens is 230 g/mol. The summed E-state index contributed by atoms with van der Waals surface area (Å²) in [5, 5.41) is 15.9. The minimum Gasteiger partial charge on any atom is -0.486 e. The number of fused-ring (bicyclic) bond motifs is 1. The van der Waals surface area contributed by atoms with Gasteiger partial charge in [0.25, 0.3) is 0 Å². The van der Waals surface area contributed by atoms with Gasteiger partial charge in [0.15, 0.2) is 11.6 Å². The van der Waals surface area contributed by atoms with Crippen LogP contribution < -0.4 is 21.1 Å². The van der Waals surface area contributed by atoms with Crippen molar-refractivity contribution in [3.05, 3.63) is 11.8 Å². The summed E-state index contributed by atoms with van der Waals surface area (Å²) in [5.74, 6) is 1.12. The smallest absolute Gasteiger partial charge is 0.181 e. The van der Waals surface area contributed by atoms with Gasteiger partial charge in [-0.05, 0) is 25.9 Å². The Hall–Kier alpha value is -2.00. The first kappa shape index (κ1) is 11.1. The lowest BCUT2D eigenvalue weighted by Crippen LogP contribution is -2.53. The van der Waals surface area contributed by atoms with Crippen LogP contribution in [0.4, 0.5) is 11.5 Å². The molecule has 1 saturated heterocycles. The van der Waals surface area contributed by atoms with Crippen LogP contribution in [0.25, 0.3) is 0 Å². The molecule has 0 saturated carbocycles. The summed E-state index contributed by atoms with van der Waals surface area (Å²) in [7, 11) is 0. The zero-order valence-corrected chi connectivity index (χ0v) is 9.99. The molecule has 4 N–H and O–H groups in total. The molecule has 0 aliphatic carbocycles. The van der Waals surface area contributed by atoms with E-state index >= 15 is 0 Å². The van der Waals surface area contributed by atoms with Crippen LogP contribution in [0.5, 0.6) is 5.75 Å². The molecule has 2 aliphatic rings. The van der Waals surface area contributed by atoms with E-state index in [0.29, 0.717) is 29.4 Å². The number of pyridine rings is 1. The Morgan fingerprint density at radius 2 is 2.22 bits per heavy atom. The highest BCUT2D eigenvalue weighted by Crippen LogP contribution is 2.38. The summed E-state index contributed by atoms with van der Waals surface area (Å²) in [5.41, 5.74) is 6.39. The number of nitrogens with zero attached hydrogens (tertiary/aromatic N) is 2. The molecule has 6 heteroatoms. The summed E-state index contributed by atoms with van der Waals surface area (Å²) >= 11 is 0. The van der Waals surface area contributed by atoms with Gasteiger partial charge in [-0.25, -0.2) is 4.98 Å². The molecule has 0 amide bonds. The van der Waals surface area contributed by atoms with Crippen molar-refractivity contribution in [3.63, 3.8) is 0 Å². The van der Waals surface area contributed by atoms with Crippen LogP contribution >= 0.6 is 0 Å². The molecule has 0 aromatic carbocycles. The highest BCUT2D eigenvalue weighted by Gasteiger charge is 2.38. The van der Waals surface area contributed by atoms with Crippen LogP contribution in [0.15, 0.2) is 6.20 Å². The molecule has 1 fully saturated rings. The predicted octanol–water partition coefficient (Wildman–Crippen LogP) is 0.462. The topological polar surface area (TPSA) is 96.0 Å². The van der Waals surface area contributed by atoms with E-state index in [1.165, 1.54) is 6.20 Å². The first-order valence-corrected chi connectivity index (χ1v) is 6.04. The van der Waals surface area contributed by atoms with Gasteiger partial charge in [0.05, 0.1) is 17.4 Å². The summed E-state index contributed by atoms with van der Waals surface area (Å²) < 4.78 is 5.76. The lowest BCUT2D eigenvalue weighted by Gasteiger charge is -2.42. The highest BCUT2D eigenvalue weighted by molar-refractivity contribution is 5.69. The number of nitrogens with two attached hydrogens (primary N) is 1. The molecule has 3 heterocycles. The molecule has 1 aromatic heterocycles. The van der Waals surface area contributed by atoms with Crippen LogP contribution in [0.3, 0.4) is 0 Å². The van der Waals surface area contributed by atoms with Gasteiger partial charge in [-0.3, -0.25) is 0 Å². The average molecular weight is 245 g/mol. The molecule has 94 valence electrons. The fourth-order valence-corrected chi connectivity index (χ4v) is 2.52. The summed E-state index contributed by atoms with van der Waals surface area (Å²) in [6.45, 7) is 2.49. The number of hydrogen-bond donors (Lipinski definition) is 3. The SMILES string of the molecule is N#Cc1c(N)cnc2c1OCC1(CCNCC1)N2. The average Bonchev–Trinajstić information content (AvgIpc) is 2.40. The minimum absolute atomic E-state index is 0.0614. The zero-order valence-electron chi connectivity index (χ0n) is 9.99. The van der Waals surface area contributed by atoms with Gasteiger partial charge in [0.1, 0.15) is 18.2 Å². The van der Waals surface area contributed by atoms with Crippen LogP contribution in [-0.4, -0.2) is 30.2 Å². The van der Waals surface area contributed by atoms with Crippen molar-refractivity contribution >= 4 is 11.5 Å². The van der Waals surface area contributed by atoms with Crippen molar-refractivity contribution in [3.8, 4) is 11.8 Å². The summed E-state index contributed by atoms with van der Waals surface area (Å²) in [6, 6.07) is 2.07. The third-order valence-electron chi connectivity index (χ3n) is 3.61. The van der Waals surface area contributed by atoms with Crippen molar-refractivity contribution in [1.29, 1.82) is 5.26 Å². The van der Waals surface area contributed by atoms with Crippen LogP contribution in [0.1, 0.15) is 18.4 Å². The van der Waals surface area contributed by atoms with Gasteiger partial charge < -0.3 is 21.1 Å². The third kappa shape index (κ3) is 1.64. The standard InChI is InChI=1S/C12H15N5O/c13-5-8-9(14)6-16-11-10(8)18-7-12(17-11)1-3-15-4-2-12/h6,15H,1-4,7,14H2,(H,16,17). The number of rotatable bonds is 0. The normalized spacial score (nSPS) is 20.4. The summed E-state index contributed by atoms with van der Waals surface area (Å²) in [6.07, 6.45) is 3.48. The molecule has 3 rings (SSSR count). The number of hydrogen-bond acceptors (Lipinski definition) is 6. The molecule has 2 aliphatic heterocycles. The fourth-order valence-electron chi connectivity index (χ4n) is 2.52. The molecule has 1 aromatic rings. The first-order valence-electron chi connectivity index (χ1n) is 6.04. The molecule has 0 unspecified atom stereocenters. The third-order valence-corrected chi connectivity index (χ3v) is 3.61. The zero-order chi connectivity index (χ0) is 12.6. The molecule has 0 bridgehead atoms. The maximum absolute atomic E-state index is 9.10. The number of ether oxygens (including phenoxy) is 1. The number of nitrogens with one attached hydrogen (secondary N) is 2. The Balaban J connectivity index is 1.97. The van der Waals surface area contributed by atoms with E-state index in [2.05, 4.69) is 21.7 Å². The Kier molecular flexibility index (Phi) is 2.49. The molecule has 1 spiro atoms. The largest absolute Gasteiger partial charge is 0.486 e. The second-order valence-corrected chi connectivity index (χ2v) is 4.82. The number of piperidine rings is 1. The monoisotopic (exact) mass is 245 g/mol. The van der Waals surface area contributed by atoms with Gasteiger partial charge >= 0.3 is 0 Å². The fraction of sp³-hybridized carbons (Fsp3) is 0.500.